The van der Waals surface area contributed by atoms with Crippen molar-refractivity contribution in [1.29, 1.82) is 0 Å². The maximum atomic E-state index is 13.1. The third-order valence-electron chi connectivity index (χ3n) is 3.09. The molecule has 1 fully saturated rings. The molecule has 1 heterocycles. The number of carbonyl (C=O) groups excluding carboxylic acids is 2. The van der Waals surface area contributed by atoms with E-state index in [2.05, 4.69) is 5.32 Å². The number of halogens is 2. The largest absolute Gasteiger partial charge is 0.465 e. The molecule has 2 atom stereocenters. The molecule has 0 radical (unpaired) electrons. The molecule has 1 amide bonds. The van der Waals surface area contributed by atoms with Gasteiger partial charge in [0, 0.05) is 12.5 Å². The number of amides is 1. The van der Waals surface area contributed by atoms with E-state index in [0.717, 1.165) is 0 Å². The van der Waals surface area contributed by atoms with Crippen molar-refractivity contribution in [2.75, 3.05) is 13.2 Å². The Balaban J connectivity index is 2.29. The van der Waals surface area contributed by atoms with E-state index in [1.54, 1.807) is 6.92 Å². The van der Waals surface area contributed by atoms with Gasteiger partial charge in [0.1, 0.15) is 11.7 Å². The average Bonchev–Trinajstić information content (AvgIpc) is 2.75. The van der Waals surface area contributed by atoms with E-state index >= 15 is 0 Å². The van der Waals surface area contributed by atoms with Gasteiger partial charge in [-0.1, -0.05) is 17.7 Å². The van der Waals surface area contributed by atoms with E-state index in [1.807, 2.05) is 0 Å². The number of nitrogens with one attached hydrogen (secondary N) is 1. The Morgan fingerprint density at radius 2 is 2.32 bits per heavy atom. The van der Waals surface area contributed by atoms with Crippen molar-refractivity contribution < 1.29 is 18.7 Å². The standard InChI is InChI=1S/C13H13ClFNO3/c1-2-19-13(18)11-8(6-16-12(11)17)7-3-4-10(15)9(14)5-7/h3-5,8,11H,2,6H2,1H3,(H,16,17). The van der Waals surface area contributed by atoms with Crippen LogP contribution in [0, 0.1) is 11.7 Å². The summed E-state index contributed by atoms with van der Waals surface area (Å²) >= 11 is 5.72. The smallest absolute Gasteiger partial charge is 0.319 e. The molecule has 2 rings (SSSR count). The van der Waals surface area contributed by atoms with E-state index in [4.69, 9.17) is 16.3 Å². The van der Waals surface area contributed by atoms with Crippen molar-refractivity contribution in [2.24, 2.45) is 5.92 Å². The number of benzene rings is 1. The number of carbonyl (C=O) groups is 2. The van der Waals surface area contributed by atoms with Gasteiger partial charge in [-0.2, -0.15) is 0 Å². The Hall–Kier alpha value is -1.62. The number of hydrogen-bond donors (Lipinski definition) is 1. The van der Waals surface area contributed by atoms with Gasteiger partial charge in [0.15, 0.2) is 0 Å². The van der Waals surface area contributed by atoms with E-state index in [9.17, 15) is 14.0 Å². The van der Waals surface area contributed by atoms with E-state index in [1.165, 1.54) is 18.2 Å². The Morgan fingerprint density at radius 1 is 1.58 bits per heavy atom. The molecule has 0 saturated carbocycles. The molecule has 1 aliphatic rings. The van der Waals surface area contributed by atoms with Crippen LogP contribution in [0.1, 0.15) is 18.4 Å². The van der Waals surface area contributed by atoms with Gasteiger partial charge in [-0.25, -0.2) is 4.39 Å². The molecule has 1 N–H and O–H groups in total. The van der Waals surface area contributed by atoms with Crippen molar-refractivity contribution in [3.8, 4) is 0 Å². The minimum absolute atomic E-state index is 0.0283. The van der Waals surface area contributed by atoms with E-state index < -0.39 is 17.7 Å². The Bertz CT molecular complexity index is 521. The summed E-state index contributed by atoms with van der Waals surface area (Å²) in [4.78, 5) is 23.5. The predicted molar refractivity (Wildman–Crippen MR) is 67.3 cm³/mol. The van der Waals surface area contributed by atoms with Crippen LogP contribution in [0.15, 0.2) is 18.2 Å². The minimum atomic E-state index is -0.901. The zero-order valence-corrected chi connectivity index (χ0v) is 11.0. The van der Waals surface area contributed by atoms with Crippen LogP contribution < -0.4 is 5.32 Å². The molecule has 1 aromatic rings. The van der Waals surface area contributed by atoms with Gasteiger partial charge in [0.25, 0.3) is 0 Å². The van der Waals surface area contributed by atoms with Gasteiger partial charge in [0.2, 0.25) is 5.91 Å². The second-order valence-electron chi connectivity index (χ2n) is 4.25. The molecular formula is C13H13ClFNO3. The summed E-state index contributed by atoms with van der Waals surface area (Å²) in [6.07, 6.45) is 0. The third kappa shape index (κ3) is 2.71. The molecule has 1 aromatic carbocycles. The van der Waals surface area contributed by atoms with Crippen LogP contribution in [0.25, 0.3) is 0 Å². The van der Waals surface area contributed by atoms with E-state index in [0.29, 0.717) is 12.1 Å². The summed E-state index contributed by atoms with van der Waals surface area (Å²) in [5.74, 6) is -2.76. The quantitative estimate of drug-likeness (QED) is 0.681. The van der Waals surface area contributed by atoms with Crippen molar-refractivity contribution in [2.45, 2.75) is 12.8 Å². The highest BCUT2D eigenvalue weighted by Gasteiger charge is 2.42. The molecule has 6 heteroatoms. The summed E-state index contributed by atoms with van der Waals surface area (Å²) in [7, 11) is 0. The number of rotatable bonds is 3. The van der Waals surface area contributed by atoms with Gasteiger partial charge in [-0.05, 0) is 24.6 Å². The SMILES string of the molecule is CCOC(=O)C1C(=O)NCC1c1ccc(F)c(Cl)c1. The number of hydrogen-bond acceptors (Lipinski definition) is 3. The van der Waals surface area contributed by atoms with Crippen LogP contribution in [0.4, 0.5) is 4.39 Å². The first kappa shape index (κ1) is 13.8. The van der Waals surface area contributed by atoms with Gasteiger partial charge in [0.05, 0.1) is 11.6 Å². The molecule has 19 heavy (non-hydrogen) atoms. The molecule has 2 unspecified atom stereocenters. The summed E-state index contributed by atoms with van der Waals surface area (Å²) < 4.78 is 18.0. The van der Waals surface area contributed by atoms with Gasteiger partial charge >= 0.3 is 5.97 Å². The highest BCUT2D eigenvalue weighted by atomic mass is 35.5. The molecular weight excluding hydrogens is 273 g/mol. The zero-order valence-electron chi connectivity index (χ0n) is 10.3. The monoisotopic (exact) mass is 285 g/mol. The lowest BCUT2D eigenvalue weighted by molar-refractivity contribution is -0.151. The predicted octanol–water partition coefficient (Wildman–Crippen LogP) is 1.87. The van der Waals surface area contributed by atoms with Crippen LogP contribution in [-0.4, -0.2) is 25.0 Å². The topological polar surface area (TPSA) is 55.4 Å². The fourth-order valence-corrected chi connectivity index (χ4v) is 2.37. The fourth-order valence-electron chi connectivity index (χ4n) is 2.18. The van der Waals surface area contributed by atoms with Crippen LogP contribution in [0.3, 0.4) is 0 Å². The Kier molecular flexibility index (Phi) is 4.04. The van der Waals surface area contributed by atoms with Crippen molar-refractivity contribution in [3.63, 3.8) is 0 Å². The van der Waals surface area contributed by atoms with Crippen LogP contribution >= 0.6 is 11.6 Å². The Labute approximate surface area is 114 Å². The second kappa shape index (κ2) is 5.57. The van der Waals surface area contributed by atoms with Crippen molar-refractivity contribution >= 4 is 23.5 Å². The van der Waals surface area contributed by atoms with E-state index in [-0.39, 0.29) is 23.5 Å². The van der Waals surface area contributed by atoms with Crippen LogP contribution in [0.2, 0.25) is 5.02 Å². The first-order valence-corrected chi connectivity index (χ1v) is 6.31. The van der Waals surface area contributed by atoms with Crippen molar-refractivity contribution in [3.05, 3.63) is 34.6 Å². The molecule has 0 bridgehead atoms. The molecule has 4 nitrogen and oxygen atoms in total. The normalized spacial score (nSPS) is 22.2. The maximum absolute atomic E-state index is 13.1. The number of ether oxygens (including phenoxy) is 1. The molecule has 1 aliphatic heterocycles. The molecule has 0 aromatic heterocycles. The highest BCUT2D eigenvalue weighted by Crippen LogP contribution is 2.32. The van der Waals surface area contributed by atoms with Crippen LogP contribution in [-0.2, 0) is 14.3 Å². The summed E-state index contributed by atoms with van der Waals surface area (Å²) in [6.45, 7) is 2.19. The first-order valence-electron chi connectivity index (χ1n) is 5.94. The lowest BCUT2D eigenvalue weighted by Gasteiger charge is -2.16. The van der Waals surface area contributed by atoms with Crippen LogP contribution in [0.5, 0.6) is 0 Å². The fraction of sp³-hybridized carbons (Fsp3) is 0.385. The molecule has 0 aliphatic carbocycles. The summed E-state index contributed by atoms with van der Waals surface area (Å²) in [5.41, 5.74) is 0.641. The Morgan fingerprint density at radius 3 is 2.95 bits per heavy atom. The first-order chi connectivity index (χ1) is 9.04. The highest BCUT2D eigenvalue weighted by molar-refractivity contribution is 6.30. The minimum Gasteiger partial charge on any atom is -0.465 e. The van der Waals surface area contributed by atoms with Gasteiger partial charge in [-0.3, -0.25) is 9.59 Å². The second-order valence-corrected chi connectivity index (χ2v) is 4.66. The molecule has 0 spiro atoms. The molecule has 102 valence electrons. The lowest BCUT2D eigenvalue weighted by Crippen LogP contribution is -2.29. The third-order valence-corrected chi connectivity index (χ3v) is 3.38. The van der Waals surface area contributed by atoms with Crippen molar-refractivity contribution in [1.82, 2.24) is 5.32 Å². The number of esters is 1. The summed E-state index contributed by atoms with van der Waals surface area (Å²) in [5, 5.41) is 2.59. The lowest BCUT2D eigenvalue weighted by atomic mass is 9.88. The summed E-state index contributed by atoms with van der Waals surface area (Å²) in [6, 6.07) is 4.19. The average molecular weight is 286 g/mol. The maximum Gasteiger partial charge on any atom is 0.319 e. The molecule has 1 saturated heterocycles. The zero-order chi connectivity index (χ0) is 14.0. The van der Waals surface area contributed by atoms with Gasteiger partial charge in [-0.15, -0.1) is 0 Å². The van der Waals surface area contributed by atoms with Gasteiger partial charge < -0.3 is 10.1 Å².